The molecule has 0 aromatic rings. The maximum atomic E-state index is 3.73. The maximum Gasteiger partial charge on any atom is 0.0252 e. The molecule has 0 aromatic heterocycles. The van der Waals surface area contributed by atoms with E-state index in [0.717, 1.165) is 24.5 Å². The molecule has 0 amide bonds. The number of nitrogens with one attached hydrogen (secondary N) is 1. The number of rotatable bonds is 4. The van der Waals surface area contributed by atoms with E-state index in [9.17, 15) is 0 Å². The topological polar surface area (TPSA) is 18.5 Å². The Morgan fingerprint density at radius 2 is 1.79 bits per heavy atom. The highest BCUT2D eigenvalue weighted by Gasteiger charge is 2.34. The summed E-state index contributed by atoms with van der Waals surface area (Å²) in [7, 11) is 0. The van der Waals surface area contributed by atoms with Crippen LogP contribution in [0.3, 0.4) is 0 Å². The zero-order chi connectivity index (χ0) is 13.8. The molecular weight excluding hydrogens is 234 g/mol. The van der Waals surface area contributed by atoms with Gasteiger partial charge in [0.05, 0.1) is 0 Å². The lowest BCUT2D eigenvalue weighted by Crippen LogP contribution is -2.59. The third-order valence-corrected chi connectivity index (χ3v) is 5.09. The van der Waals surface area contributed by atoms with Crippen LogP contribution in [0.1, 0.15) is 47.0 Å². The SMILES string of the molecule is CCNC1CCC(C)CC1N1CCN(C(C)C)CC1. The molecule has 1 saturated heterocycles. The number of piperazine rings is 1. The second-order valence-corrected chi connectivity index (χ2v) is 6.82. The van der Waals surface area contributed by atoms with Gasteiger partial charge < -0.3 is 5.32 Å². The van der Waals surface area contributed by atoms with Gasteiger partial charge in [0.15, 0.2) is 0 Å². The van der Waals surface area contributed by atoms with Crippen LogP contribution in [0.4, 0.5) is 0 Å². The molecule has 3 heteroatoms. The van der Waals surface area contributed by atoms with E-state index >= 15 is 0 Å². The summed E-state index contributed by atoms with van der Waals surface area (Å²) in [6.45, 7) is 15.4. The van der Waals surface area contributed by atoms with Gasteiger partial charge in [-0.1, -0.05) is 13.8 Å². The van der Waals surface area contributed by atoms with Gasteiger partial charge in [0.2, 0.25) is 0 Å². The molecule has 1 aliphatic carbocycles. The van der Waals surface area contributed by atoms with Crippen LogP contribution in [0.5, 0.6) is 0 Å². The van der Waals surface area contributed by atoms with Crippen molar-refractivity contribution in [1.29, 1.82) is 0 Å². The predicted octanol–water partition coefficient (Wildman–Crippen LogP) is 2.18. The van der Waals surface area contributed by atoms with Crippen LogP contribution in [-0.4, -0.2) is 60.6 Å². The lowest BCUT2D eigenvalue weighted by atomic mass is 9.82. The van der Waals surface area contributed by atoms with Crippen molar-refractivity contribution < 1.29 is 0 Å². The summed E-state index contributed by atoms with van der Waals surface area (Å²) in [6, 6.07) is 2.21. The van der Waals surface area contributed by atoms with Crippen LogP contribution in [0.15, 0.2) is 0 Å². The van der Waals surface area contributed by atoms with Crippen molar-refractivity contribution in [2.75, 3.05) is 32.7 Å². The van der Waals surface area contributed by atoms with Crippen molar-refractivity contribution in [3.05, 3.63) is 0 Å². The quantitative estimate of drug-likeness (QED) is 0.842. The zero-order valence-electron chi connectivity index (χ0n) is 13.4. The summed E-state index contributed by atoms with van der Waals surface area (Å²) < 4.78 is 0. The van der Waals surface area contributed by atoms with Crippen LogP contribution in [-0.2, 0) is 0 Å². The Balaban J connectivity index is 1.91. The monoisotopic (exact) mass is 267 g/mol. The van der Waals surface area contributed by atoms with Crippen LogP contribution < -0.4 is 5.32 Å². The second kappa shape index (κ2) is 7.05. The van der Waals surface area contributed by atoms with Gasteiger partial charge in [-0.05, 0) is 45.6 Å². The first kappa shape index (κ1) is 15.3. The van der Waals surface area contributed by atoms with E-state index in [2.05, 4.69) is 42.8 Å². The van der Waals surface area contributed by atoms with E-state index in [1.54, 1.807) is 0 Å². The molecule has 1 saturated carbocycles. The van der Waals surface area contributed by atoms with Crippen molar-refractivity contribution in [3.63, 3.8) is 0 Å². The summed E-state index contributed by atoms with van der Waals surface area (Å²) in [6.07, 6.45) is 4.16. The Morgan fingerprint density at radius 3 is 2.37 bits per heavy atom. The molecule has 3 unspecified atom stereocenters. The number of likely N-dealkylation sites (N-methyl/N-ethyl adjacent to an activating group) is 1. The molecule has 1 heterocycles. The van der Waals surface area contributed by atoms with Gasteiger partial charge >= 0.3 is 0 Å². The van der Waals surface area contributed by atoms with E-state index in [0.29, 0.717) is 6.04 Å². The minimum atomic E-state index is 0.706. The summed E-state index contributed by atoms with van der Waals surface area (Å²) in [5, 5.41) is 3.73. The standard InChI is InChI=1S/C16H33N3/c1-5-17-15-7-6-14(4)12-16(15)19-10-8-18(9-11-19)13(2)3/h13-17H,5-12H2,1-4H3. The fourth-order valence-corrected chi connectivity index (χ4v) is 3.84. The lowest BCUT2D eigenvalue weighted by Gasteiger charge is -2.46. The van der Waals surface area contributed by atoms with Crippen LogP contribution in [0.25, 0.3) is 0 Å². The Kier molecular flexibility index (Phi) is 5.67. The fraction of sp³-hybridized carbons (Fsp3) is 1.00. The Hall–Kier alpha value is -0.120. The summed E-state index contributed by atoms with van der Waals surface area (Å²) in [5.74, 6) is 0.906. The average molecular weight is 267 g/mol. The van der Waals surface area contributed by atoms with E-state index in [-0.39, 0.29) is 0 Å². The van der Waals surface area contributed by atoms with E-state index in [1.807, 2.05) is 0 Å². The van der Waals surface area contributed by atoms with Gasteiger partial charge in [-0.2, -0.15) is 0 Å². The molecule has 3 nitrogen and oxygen atoms in total. The van der Waals surface area contributed by atoms with Crippen LogP contribution in [0.2, 0.25) is 0 Å². The molecular formula is C16H33N3. The fourth-order valence-electron chi connectivity index (χ4n) is 3.84. The minimum Gasteiger partial charge on any atom is -0.313 e. The molecule has 2 fully saturated rings. The molecule has 0 radical (unpaired) electrons. The maximum absolute atomic E-state index is 3.73. The van der Waals surface area contributed by atoms with E-state index in [4.69, 9.17) is 0 Å². The summed E-state index contributed by atoms with van der Waals surface area (Å²) in [5.41, 5.74) is 0. The first-order valence-electron chi connectivity index (χ1n) is 8.33. The molecule has 19 heavy (non-hydrogen) atoms. The molecule has 112 valence electrons. The van der Waals surface area contributed by atoms with E-state index in [1.165, 1.54) is 45.4 Å². The number of hydrogen-bond donors (Lipinski definition) is 1. The summed E-state index contributed by atoms with van der Waals surface area (Å²) >= 11 is 0. The smallest absolute Gasteiger partial charge is 0.0252 e. The first-order valence-corrected chi connectivity index (χ1v) is 8.33. The van der Waals surface area contributed by atoms with Crippen molar-refractivity contribution in [2.24, 2.45) is 5.92 Å². The van der Waals surface area contributed by atoms with Crippen molar-refractivity contribution in [2.45, 2.75) is 65.1 Å². The average Bonchev–Trinajstić information content (AvgIpc) is 2.41. The molecule has 1 aliphatic heterocycles. The normalized spacial score (nSPS) is 34.9. The number of nitrogens with zero attached hydrogens (tertiary/aromatic N) is 2. The van der Waals surface area contributed by atoms with Gasteiger partial charge in [0, 0.05) is 44.3 Å². The predicted molar refractivity (Wildman–Crippen MR) is 82.5 cm³/mol. The third-order valence-electron chi connectivity index (χ3n) is 5.09. The number of hydrogen-bond acceptors (Lipinski definition) is 3. The third kappa shape index (κ3) is 3.93. The van der Waals surface area contributed by atoms with Crippen molar-refractivity contribution in [1.82, 2.24) is 15.1 Å². The second-order valence-electron chi connectivity index (χ2n) is 6.82. The zero-order valence-corrected chi connectivity index (χ0v) is 13.4. The van der Waals surface area contributed by atoms with Crippen molar-refractivity contribution in [3.8, 4) is 0 Å². The van der Waals surface area contributed by atoms with Crippen LogP contribution in [0, 0.1) is 5.92 Å². The molecule has 3 atom stereocenters. The summed E-state index contributed by atoms with van der Waals surface area (Å²) in [4.78, 5) is 5.38. The first-order chi connectivity index (χ1) is 9.11. The molecule has 0 spiro atoms. The van der Waals surface area contributed by atoms with Gasteiger partial charge in [-0.25, -0.2) is 0 Å². The molecule has 0 bridgehead atoms. The molecule has 2 aliphatic rings. The molecule has 2 rings (SSSR count). The van der Waals surface area contributed by atoms with Gasteiger partial charge in [0.25, 0.3) is 0 Å². The minimum absolute atomic E-state index is 0.706. The highest BCUT2D eigenvalue weighted by atomic mass is 15.3. The molecule has 0 aromatic carbocycles. The van der Waals surface area contributed by atoms with Crippen LogP contribution >= 0.6 is 0 Å². The Morgan fingerprint density at radius 1 is 1.11 bits per heavy atom. The highest BCUT2D eigenvalue weighted by Crippen LogP contribution is 2.28. The van der Waals surface area contributed by atoms with Crippen molar-refractivity contribution >= 4 is 0 Å². The lowest BCUT2D eigenvalue weighted by molar-refractivity contribution is 0.0403. The Bertz CT molecular complexity index is 259. The Labute approximate surface area is 119 Å². The van der Waals surface area contributed by atoms with E-state index < -0.39 is 0 Å². The largest absolute Gasteiger partial charge is 0.313 e. The van der Waals surface area contributed by atoms with Gasteiger partial charge in [0.1, 0.15) is 0 Å². The van der Waals surface area contributed by atoms with Gasteiger partial charge in [-0.15, -0.1) is 0 Å². The highest BCUT2D eigenvalue weighted by molar-refractivity contribution is 4.92. The van der Waals surface area contributed by atoms with Gasteiger partial charge in [-0.3, -0.25) is 9.80 Å². The molecule has 1 N–H and O–H groups in total.